The lowest BCUT2D eigenvalue weighted by Gasteiger charge is -2.35. The summed E-state index contributed by atoms with van der Waals surface area (Å²) < 4.78 is 0. The fourth-order valence-electron chi connectivity index (χ4n) is 3.69. The molecule has 1 atom stereocenters. The molecule has 0 radical (unpaired) electrons. The van der Waals surface area contributed by atoms with E-state index in [0.29, 0.717) is 12.5 Å². The molecule has 124 valence electrons. The van der Waals surface area contributed by atoms with E-state index < -0.39 is 0 Å². The molecule has 0 saturated carbocycles. The average Bonchev–Trinajstić information content (AvgIpc) is 3.04. The van der Waals surface area contributed by atoms with Gasteiger partial charge in [-0.25, -0.2) is 0 Å². The molecule has 0 aliphatic carbocycles. The van der Waals surface area contributed by atoms with Crippen LogP contribution in [0.25, 0.3) is 0 Å². The molecule has 1 aromatic rings. The number of rotatable bonds is 2. The first-order valence-electron chi connectivity index (χ1n) is 8.41. The zero-order valence-electron chi connectivity index (χ0n) is 13.9. The van der Waals surface area contributed by atoms with Gasteiger partial charge in [-0.15, -0.1) is 0 Å². The molecule has 0 N–H and O–H groups in total. The first-order chi connectivity index (χ1) is 11.1. The molecule has 2 aliphatic heterocycles. The highest BCUT2D eigenvalue weighted by molar-refractivity contribution is 5.87. The zero-order valence-corrected chi connectivity index (χ0v) is 13.9. The minimum Gasteiger partial charge on any atom is -0.341 e. The number of likely N-dealkylation sites (tertiary alicyclic amines) is 2. The van der Waals surface area contributed by atoms with Gasteiger partial charge in [-0.05, 0) is 32.6 Å². The van der Waals surface area contributed by atoms with Crippen LogP contribution in [0.4, 0.5) is 0 Å². The van der Waals surface area contributed by atoms with Crippen LogP contribution in [0.1, 0.15) is 49.9 Å². The fraction of sp³-hybridized carbons (Fsp3) is 0.647. The van der Waals surface area contributed by atoms with Crippen molar-refractivity contribution >= 4 is 11.8 Å². The molecule has 0 aromatic carbocycles. The number of carbonyl (C=O) groups is 2. The molecule has 2 fully saturated rings. The molecular formula is C17H24N4O2. The van der Waals surface area contributed by atoms with Crippen molar-refractivity contribution in [3.05, 3.63) is 23.8 Å². The quantitative estimate of drug-likeness (QED) is 0.829. The topological polar surface area (TPSA) is 66.4 Å². The number of nitrogens with zero attached hydrogens (tertiary/aromatic N) is 4. The van der Waals surface area contributed by atoms with E-state index in [1.165, 1.54) is 0 Å². The minimum atomic E-state index is -0.247. The molecule has 6 heteroatoms. The normalized spacial score (nSPS) is 22.4. The molecule has 2 saturated heterocycles. The van der Waals surface area contributed by atoms with Crippen molar-refractivity contribution in [2.45, 2.75) is 51.5 Å². The zero-order chi connectivity index (χ0) is 16.4. The van der Waals surface area contributed by atoms with Crippen molar-refractivity contribution in [1.29, 1.82) is 0 Å². The maximum atomic E-state index is 12.7. The Morgan fingerprint density at radius 1 is 1.13 bits per heavy atom. The van der Waals surface area contributed by atoms with Crippen LogP contribution >= 0.6 is 0 Å². The highest BCUT2D eigenvalue weighted by atomic mass is 16.2. The molecule has 1 aromatic heterocycles. The number of aryl methyl sites for hydroxylation is 1. The van der Waals surface area contributed by atoms with E-state index in [1.807, 2.05) is 18.0 Å². The van der Waals surface area contributed by atoms with Crippen molar-refractivity contribution < 1.29 is 9.59 Å². The van der Waals surface area contributed by atoms with Crippen LogP contribution in [-0.2, 0) is 9.59 Å². The van der Waals surface area contributed by atoms with Gasteiger partial charge in [-0.3, -0.25) is 19.6 Å². The molecule has 0 unspecified atom stereocenters. The summed E-state index contributed by atoms with van der Waals surface area (Å²) in [4.78, 5) is 36.8. The Labute approximate surface area is 136 Å². The molecule has 6 nitrogen and oxygen atoms in total. The standard InChI is InChI=1S/C17H24N4O2/c1-12-10-18-11-15(19-12)14-5-8-20(9-6-14)17(23)16-4-3-7-21(16)13(2)22/h10-11,14,16H,3-9H2,1-2H3/t16-/m0/s1. The number of carbonyl (C=O) groups excluding carboxylic acids is 2. The Kier molecular flexibility index (Phi) is 4.59. The van der Waals surface area contributed by atoms with Gasteiger partial charge in [0.25, 0.3) is 0 Å². The van der Waals surface area contributed by atoms with Crippen LogP contribution in [0, 0.1) is 6.92 Å². The predicted molar refractivity (Wildman–Crippen MR) is 85.7 cm³/mol. The van der Waals surface area contributed by atoms with Crippen LogP contribution in [0.15, 0.2) is 12.4 Å². The molecule has 23 heavy (non-hydrogen) atoms. The van der Waals surface area contributed by atoms with E-state index in [4.69, 9.17) is 0 Å². The second kappa shape index (κ2) is 6.64. The van der Waals surface area contributed by atoms with E-state index in [-0.39, 0.29) is 17.9 Å². The Bertz CT molecular complexity index is 596. The average molecular weight is 316 g/mol. The number of hydrogen-bond acceptors (Lipinski definition) is 4. The van der Waals surface area contributed by atoms with Crippen LogP contribution in [-0.4, -0.2) is 57.3 Å². The lowest BCUT2D eigenvalue weighted by molar-refractivity contribution is -0.143. The Hall–Kier alpha value is -1.98. The maximum absolute atomic E-state index is 12.7. The maximum Gasteiger partial charge on any atom is 0.245 e. The second-order valence-corrected chi connectivity index (χ2v) is 6.56. The van der Waals surface area contributed by atoms with Gasteiger partial charge >= 0.3 is 0 Å². The fourth-order valence-corrected chi connectivity index (χ4v) is 3.69. The lowest BCUT2D eigenvalue weighted by Crippen LogP contribution is -2.49. The van der Waals surface area contributed by atoms with Gasteiger partial charge in [0.1, 0.15) is 6.04 Å². The van der Waals surface area contributed by atoms with Crippen LogP contribution in [0.3, 0.4) is 0 Å². The van der Waals surface area contributed by atoms with Gasteiger partial charge in [0, 0.05) is 44.9 Å². The minimum absolute atomic E-state index is 0.00534. The van der Waals surface area contributed by atoms with Gasteiger partial charge in [0.2, 0.25) is 11.8 Å². The third-order valence-electron chi connectivity index (χ3n) is 4.94. The van der Waals surface area contributed by atoms with Crippen LogP contribution in [0.2, 0.25) is 0 Å². The summed E-state index contributed by atoms with van der Waals surface area (Å²) in [5, 5.41) is 0. The number of amides is 2. The second-order valence-electron chi connectivity index (χ2n) is 6.56. The van der Waals surface area contributed by atoms with E-state index in [9.17, 15) is 9.59 Å². The summed E-state index contributed by atoms with van der Waals surface area (Å²) in [6.07, 6.45) is 7.14. The molecule has 0 bridgehead atoms. The first kappa shape index (κ1) is 15.9. The summed E-state index contributed by atoms with van der Waals surface area (Å²) in [5.74, 6) is 0.496. The van der Waals surface area contributed by atoms with Gasteiger partial charge in [-0.2, -0.15) is 0 Å². The molecule has 3 heterocycles. The van der Waals surface area contributed by atoms with Crippen molar-refractivity contribution in [2.24, 2.45) is 0 Å². The number of piperidine rings is 1. The smallest absolute Gasteiger partial charge is 0.245 e. The van der Waals surface area contributed by atoms with Crippen LogP contribution < -0.4 is 0 Å². The van der Waals surface area contributed by atoms with Crippen LogP contribution in [0.5, 0.6) is 0 Å². The molecule has 0 spiro atoms. The molecule has 2 aliphatic rings. The Balaban J connectivity index is 1.60. The SMILES string of the molecule is CC(=O)N1CCC[C@H]1C(=O)N1CCC(c2cncc(C)n2)CC1. The number of hydrogen-bond donors (Lipinski definition) is 0. The van der Waals surface area contributed by atoms with Crippen molar-refractivity contribution in [2.75, 3.05) is 19.6 Å². The van der Waals surface area contributed by atoms with E-state index in [2.05, 4.69) is 9.97 Å². The third kappa shape index (κ3) is 3.35. The highest BCUT2D eigenvalue weighted by Crippen LogP contribution is 2.28. The number of aromatic nitrogens is 2. The van der Waals surface area contributed by atoms with Gasteiger partial charge in [-0.1, -0.05) is 0 Å². The predicted octanol–water partition coefficient (Wildman–Crippen LogP) is 1.50. The van der Waals surface area contributed by atoms with Crippen molar-refractivity contribution in [3.8, 4) is 0 Å². The largest absolute Gasteiger partial charge is 0.341 e. The van der Waals surface area contributed by atoms with E-state index in [1.54, 1.807) is 18.0 Å². The molecular weight excluding hydrogens is 292 g/mol. The van der Waals surface area contributed by atoms with Gasteiger partial charge < -0.3 is 9.80 Å². The Morgan fingerprint density at radius 2 is 1.87 bits per heavy atom. The van der Waals surface area contributed by atoms with Gasteiger partial charge in [0.15, 0.2) is 0 Å². The monoisotopic (exact) mass is 316 g/mol. The highest BCUT2D eigenvalue weighted by Gasteiger charge is 2.36. The third-order valence-corrected chi connectivity index (χ3v) is 4.94. The summed E-state index contributed by atoms with van der Waals surface area (Å²) in [7, 11) is 0. The lowest BCUT2D eigenvalue weighted by atomic mass is 9.93. The summed E-state index contributed by atoms with van der Waals surface area (Å²) in [5.41, 5.74) is 1.97. The summed E-state index contributed by atoms with van der Waals surface area (Å²) in [6, 6.07) is -0.247. The van der Waals surface area contributed by atoms with E-state index >= 15 is 0 Å². The molecule has 2 amide bonds. The van der Waals surface area contributed by atoms with Crippen molar-refractivity contribution in [3.63, 3.8) is 0 Å². The summed E-state index contributed by atoms with van der Waals surface area (Å²) >= 11 is 0. The summed E-state index contributed by atoms with van der Waals surface area (Å²) in [6.45, 7) is 5.68. The van der Waals surface area contributed by atoms with Gasteiger partial charge in [0.05, 0.1) is 11.4 Å². The van der Waals surface area contributed by atoms with E-state index in [0.717, 1.165) is 50.2 Å². The molecule has 3 rings (SSSR count). The first-order valence-corrected chi connectivity index (χ1v) is 8.41. The Morgan fingerprint density at radius 3 is 2.52 bits per heavy atom. The van der Waals surface area contributed by atoms with Crippen molar-refractivity contribution in [1.82, 2.24) is 19.8 Å².